The van der Waals surface area contributed by atoms with Crippen LogP contribution in [0.5, 0.6) is 0 Å². The zero-order chi connectivity index (χ0) is 9.68. The lowest BCUT2D eigenvalue weighted by Gasteiger charge is -2.21. The largest absolute Gasteiger partial charge is 1.00 e. The molecule has 1 rings (SSSR count). The summed E-state index contributed by atoms with van der Waals surface area (Å²) in [6.45, 7) is 4.52. The second-order valence-electron chi connectivity index (χ2n) is 3.64. The molecule has 4 heteroatoms. The molecule has 0 aromatic rings. The molecule has 2 unspecified atom stereocenters. The van der Waals surface area contributed by atoms with Crippen LogP contribution in [0.3, 0.4) is 0 Å². The van der Waals surface area contributed by atoms with E-state index >= 15 is 0 Å². The summed E-state index contributed by atoms with van der Waals surface area (Å²) in [5.74, 6) is 2.52. The van der Waals surface area contributed by atoms with Gasteiger partial charge in [0.15, 0.2) is 6.17 Å². The van der Waals surface area contributed by atoms with Crippen molar-refractivity contribution in [1.82, 2.24) is 4.90 Å². The van der Waals surface area contributed by atoms with E-state index in [2.05, 4.69) is 50.0 Å². The van der Waals surface area contributed by atoms with Gasteiger partial charge in [-0.1, -0.05) is 13.3 Å². The van der Waals surface area contributed by atoms with Crippen molar-refractivity contribution >= 4 is 11.8 Å². The van der Waals surface area contributed by atoms with Gasteiger partial charge in [0, 0.05) is 14.0 Å². The molecule has 1 aliphatic heterocycles. The Morgan fingerprint density at radius 2 is 2.21 bits per heavy atom. The van der Waals surface area contributed by atoms with E-state index in [0.29, 0.717) is 6.17 Å². The molecule has 0 aliphatic carbocycles. The van der Waals surface area contributed by atoms with E-state index in [1.165, 1.54) is 24.5 Å². The summed E-state index contributed by atoms with van der Waals surface area (Å²) in [7, 11) is 2.14. The first-order valence-electron chi connectivity index (χ1n) is 5.09. The van der Waals surface area contributed by atoms with Gasteiger partial charge in [0.05, 0.1) is 6.20 Å². The average molecular weight is 237 g/mol. The molecule has 84 valence electrons. The Morgan fingerprint density at radius 1 is 1.50 bits per heavy atom. The molecule has 2 atom stereocenters. The molecular weight excluding hydrogens is 216 g/mol. The van der Waals surface area contributed by atoms with Gasteiger partial charge < -0.3 is 17.3 Å². The minimum absolute atomic E-state index is 0. The van der Waals surface area contributed by atoms with Crippen molar-refractivity contribution in [2.24, 2.45) is 0 Å². The lowest BCUT2D eigenvalue weighted by Crippen LogP contribution is -3.10. The Bertz CT molecular complexity index is 176. The van der Waals surface area contributed by atoms with Crippen LogP contribution in [-0.2, 0) is 0 Å². The number of hydrogen-bond donors (Lipinski definition) is 1. The molecule has 0 aromatic carbocycles. The standard InChI is InChI=1S/C10H20N2S.ClH/c1-4-5-8-13-9-12-7-6-11(3)10(12)2;/h6-7,10H,4-5,8-9H2,1-3H3;1H. The van der Waals surface area contributed by atoms with Crippen molar-refractivity contribution in [1.29, 1.82) is 0 Å². The number of nitrogens with zero attached hydrogens (tertiary/aromatic N) is 1. The van der Waals surface area contributed by atoms with Crippen molar-refractivity contribution in [3.63, 3.8) is 0 Å². The number of halogens is 1. The molecule has 1 aliphatic rings. The smallest absolute Gasteiger partial charge is 0.164 e. The van der Waals surface area contributed by atoms with Crippen LogP contribution >= 0.6 is 11.8 Å². The van der Waals surface area contributed by atoms with Gasteiger partial charge in [0.25, 0.3) is 0 Å². The number of rotatable bonds is 5. The fraction of sp³-hybridized carbons (Fsp3) is 0.800. The molecule has 0 saturated carbocycles. The zero-order valence-corrected chi connectivity index (χ0v) is 10.9. The van der Waals surface area contributed by atoms with E-state index < -0.39 is 0 Å². The topological polar surface area (TPSA) is 7.68 Å². The molecule has 0 spiro atoms. The third-order valence-corrected chi connectivity index (χ3v) is 3.70. The molecule has 0 saturated heterocycles. The zero-order valence-electron chi connectivity index (χ0n) is 9.29. The SMILES string of the molecule is CCCCSC[NH+]1C=CN(C)C1C.[Cl-]. The molecular formula is C10H21ClN2S. The van der Waals surface area contributed by atoms with Gasteiger partial charge in [0.2, 0.25) is 0 Å². The summed E-state index contributed by atoms with van der Waals surface area (Å²) in [5.41, 5.74) is 0. The maximum absolute atomic E-state index is 2.27. The van der Waals surface area contributed by atoms with Crippen LogP contribution in [0.1, 0.15) is 26.7 Å². The predicted octanol–water partition coefficient (Wildman–Crippen LogP) is -1.87. The number of hydrogen-bond acceptors (Lipinski definition) is 2. The quantitative estimate of drug-likeness (QED) is 0.560. The second-order valence-corrected chi connectivity index (χ2v) is 4.74. The second kappa shape index (κ2) is 7.43. The van der Waals surface area contributed by atoms with Gasteiger partial charge in [-0.25, -0.2) is 0 Å². The van der Waals surface area contributed by atoms with Crippen LogP contribution in [0.2, 0.25) is 0 Å². The molecule has 1 N–H and O–H groups in total. The maximum atomic E-state index is 2.27. The first kappa shape index (κ1) is 14.1. The average Bonchev–Trinajstić information content (AvgIpc) is 2.43. The number of quaternary nitrogens is 1. The molecule has 1 heterocycles. The Labute approximate surface area is 98.1 Å². The van der Waals surface area contributed by atoms with E-state index in [1.54, 1.807) is 4.90 Å². The summed E-state index contributed by atoms with van der Waals surface area (Å²) in [5, 5.41) is 0. The summed E-state index contributed by atoms with van der Waals surface area (Å²) >= 11 is 2.07. The molecule has 2 nitrogen and oxygen atoms in total. The highest BCUT2D eigenvalue weighted by atomic mass is 35.5. The first-order valence-corrected chi connectivity index (χ1v) is 6.24. The van der Waals surface area contributed by atoms with Gasteiger partial charge in [-0.15, -0.1) is 11.8 Å². The normalized spacial score (nSPS) is 25.2. The van der Waals surface area contributed by atoms with Gasteiger partial charge in [-0.05, 0) is 12.2 Å². The highest BCUT2D eigenvalue weighted by Gasteiger charge is 2.22. The minimum atomic E-state index is 0. The fourth-order valence-electron chi connectivity index (χ4n) is 1.35. The van der Waals surface area contributed by atoms with Gasteiger partial charge in [-0.3, -0.25) is 4.90 Å². The van der Waals surface area contributed by atoms with Crippen molar-refractivity contribution in [2.45, 2.75) is 32.9 Å². The summed E-state index contributed by atoms with van der Waals surface area (Å²) in [4.78, 5) is 3.85. The van der Waals surface area contributed by atoms with Crippen LogP contribution in [0, 0.1) is 0 Å². The van der Waals surface area contributed by atoms with Crippen LogP contribution in [0.15, 0.2) is 12.4 Å². The lowest BCUT2D eigenvalue weighted by molar-refractivity contribution is -0.861. The van der Waals surface area contributed by atoms with Crippen LogP contribution in [0.4, 0.5) is 0 Å². The summed E-state index contributed by atoms with van der Waals surface area (Å²) in [6, 6.07) is 0. The Balaban J connectivity index is 0.00000169. The van der Waals surface area contributed by atoms with Gasteiger partial charge in [0.1, 0.15) is 12.1 Å². The van der Waals surface area contributed by atoms with Crippen molar-refractivity contribution in [3.05, 3.63) is 12.4 Å². The third-order valence-electron chi connectivity index (χ3n) is 2.58. The predicted molar refractivity (Wildman–Crippen MR) is 59.6 cm³/mol. The number of unbranched alkanes of at least 4 members (excludes halogenated alkanes) is 1. The van der Waals surface area contributed by atoms with Crippen molar-refractivity contribution in [3.8, 4) is 0 Å². The molecule has 0 bridgehead atoms. The Kier molecular flexibility index (Phi) is 7.51. The lowest BCUT2D eigenvalue weighted by atomic mass is 10.4. The summed E-state index contributed by atoms with van der Waals surface area (Å²) < 4.78 is 0. The molecule has 0 fully saturated rings. The Hall–Kier alpha value is 0.140. The number of thioether (sulfide) groups is 1. The summed E-state index contributed by atoms with van der Waals surface area (Å²) in [6.07, 6.45) is 7.73. The molecule has 0 aromatic heterocycles. The van der Waals surface area contributed by atoms with E-state index in [0.717, 1.165) is 0 Å². The van der Waals surface area contributed by atoms with Crippen LogP contribution < -0.4 is 17.3 Å². The van der Waals surface area contributed by atoms with Crippen LogP contribution in [0.25, 0.3) is 0 Å². The monoisotopic (exact) mass is 236 g/mol. The highest BCUT2D eigenvalue weighted by molar-refractivity contribution is 7.99. The van der Waals surface area contributed by atoms with Crippen LogP contribution in [-0.4, -0.2) is 29.7 Å². The number of nitrogens with one attached hydrogen (secondary N) is 1. The molecule has 0 radical (unpaired) electrons. The van der Waals surface area contributed by atoms with E-state index in [-0.39, 0.29) is 12.4 Å². The van der Waals surface area contributed by atoms with Gasteiger partial charge >= 0.3 is 0 Å². The fourth-order valence-corrected chi connectivity index (χ4v) is 2.56. The van der Waals surface area contributed by atoms with E-state index in [4.69, 9.17) is 0 Å². The van der Waals surface area contributed by atoms with Crippen molar-refractivity contribution < 1.29 is 17.3 Å². The highest BCUT2D eigenvalue weighted by Crippen LogP contribution is 2.02. The van der Waals surface area contributed by atoms with E-state index in [9.17, 15) is 0 Å². The molecule has 0 amide bonds. The third kappa shape index (κ3) is 4.11. The molecule has 14 heavy (non-hydrogen) atoms. The van der Waals surface area contributed by atoms with Crippen molar-refractivity contribution in [2.75, 3.05) is 18.7 Å². The minimum Gasteiger partial charge on any atom is -1.00 e. The first-order chi connectivity index (χ1) is 6.25. The Morgan fingerprint density at radius 3 is 2.71 bits per heavy atom. The maximum Gasteiger partial charge on any atom is 0.164 e. The van der Waals surface area contributed by atoms with Gasteiger partial charge in [-0.2, -0.15) is 0 Å². The van der Waals surface area contributed by atoms with E-state index in [1.807, 2.05) is 0 Å².